The number of carbonyl (C=O) groups is 1. The van der Waals surface area contributed by atoms with Gasteiger partial charge in [0.25, 0.3) is 0 Å². The molecule has 2 N–H and O–H groups in total. The summed E-state index contributed by atoms with van der Waals surface area (Å²) in [4.78, 5) is 16.8. The lowest BCUT2D eigenvalue weighted by molar-refractivity contribution is 0.108. The Labute approximate surface area is 145 Å². The van der Waals surface area contributed by atoms with E-state index in [-0.39, 0.29) is 24.1 Å². The first-order valence-electron chi connectivity index (χ1n) is 8.82. The second-order valence-electron chi connectivity index (χ2n) is 7.54. The fraction of sp³-hybridized carbons (Fsp3) is 0.632. The van der Waals surface area contributed by atoms with Crippen molar-refractivity contribution in [2.24, 2.45) is 5.41 Å². The van der Waals surface area contributed by atoms with E-state index >= 15 is 0 Å². The van der Waals surface area contributed by atoms with Gasteiger partial charge in [0.15, 0.2) is 0 Å². The first-order valence-corrected chi connectivity index (χ1v) is 8.82. The van der Waals surface area contributed by atoms with Gasteiger partial charge in [-0.15, -0.1) is 0 Å². The standard InChI is InChI=1S/C19H31N3O2/c1-19(2,15-23)10-7-11-20-18(24)22-13-12-21(3)14-17(22)16-8-5-4-6-9-16/h4-6,8-9,17,23H,7,10-15H2,1-3H3,(H,20,24). The summed E-state index contributed by atoms with van der Waals surface area (Å²) in [5.41, 5.74) is 1.10. The second kappa shape index (κ2) is 8.49. The van der Waals surface area contributed by atoms with Gasteiger partial charge in [0.05, 0.1) is 6.04 Å². The number of aliphatic hydroxyl groups excluding tert-OH is 1. The Hall–Kier alpha value is -1.59. The van der Waals surface area contributed by atoms with Gasteiger partial charge in [-0.05, 0) is 30.9 Å². The Bertz CT molecular complexity index is 519. The quantitative estimate of drug-likeness (QED) is 0.787. The molecule has 1 aliphatic heterocycles. The number of hydrogen-bond acceptors (Lipinski definition) is 3. The topological polar surface area (TPSA) is 55.8 Å². The summed E-state index contributed by atoms with van der Waals surface area (Å²) >= 11 is 0. The molecule has 1 atom stereocenters. The van der Waals surface area contributed by atoms with Gasteiger partial charge < -0.3 is 20.2 Å². The van der Waals surface area contributed by atoms with Crippen LogP contribution in [-0.2, 0) is 0 Å². The van der Waals surface area contributed by atoms with Crippen LogP contribution in [0.1, 0.15) is 38.3 Å². The number of nitrogens with one attached hydrogen (secondary N) is 1. The molecule has 1 aliphatic rings. The van der Waals surface area contributed by atoms with Gasteiger partial charge in [0.2, 0.25) is 0 Å². The largest absolute Gasteiger partial charge is 0.396 e. The minimum atomic E-state index is -0.0782. The van der Waals surface area contributed by atoms with Crippen LogP contribution in [0.5, 0.6) is 0 Å². The summed E-state index contributed by atoms with van der Waals surface area (Å²) in [5.74, 6) is 0. The first-order chi connectivity index (χ1) is 11.4. The molecule has 0 radical (unpaired) electrons. The fourth-order valence-electron chi connectivity index (χ4n) is 3.07. The predicted octanol–water partition coefficient (Wildman–Crippen LogP) is 2.48. The van der Waals surface area contributed by atoms with Crippen LogP contribution in [-0.4, -0.2) is 60.8 Å². The number of likely N-dealkylation sites (N-methyl/N-ethyl adjacent to an activating group) is 1. The molecule has 134 valence electrons. The number of benzene rings is 1. The van der Waals surface area contributed by atoms with E-state index in [1.807, 2.05) is 36.9 Å². The molecule has 0 saturated carbocycles. The molecule has 0 spiro atoms. The Kier molecular flexibility index (Phi) is 6.63. The Morgan fingerprint density at radius 3 is 2.67 bits per heavy atom. The second-order valence-corrected chi connectivity index (χ2v) is 7.54. The summed E-state index contributed by atoms with van der Waals surface area (Å²) < 4.78 is 0. The molecule has 2 amide bonds. The summed E-state index contributed by atoms with van der Waals surface area (Å²) in [6.45, 7) is 7.40. The molecule has 24 heavy (non-hydrogen) atoms. The number of rotatable bonds is 6. The van der Waals surface area contributed by atoms with Gasteiger partial charge in [0.1, 0.15) is 0 Å². The highest BCUT2D eigenvalue weighted by Crippen LogP contribution is 2.25. The van der Waals surface area contributed by atoms with Crippen molar-refractivity contribution in [3.63, 3.8) is 0 Å². The maximum Gasteiger partial charge on any atom is 0.318 e. The third-order valence-electron chi connectivity index (χ3n) is 4.76. The number of carbonyl (C=O) groups excluding carboxylic acids is 1. The van der Waals surface area contributed by atoms with Crippen LogP contribution in [0.2, 0.25) is 0 Å². The summed E-state index contributed by atoms with van der Waals surface area (Å²) in [5, 5.41) is 12.3. The van der Waals surface area contributed by atoms with Crippen molar-refractivity contribution < 1.29 is 9.90 Å². The number of hydrogen-bond donors (Lipinski definition) is 2. The molecule has 1 unspecified atom stereocenters. The summed E-state index contributed by atoms with van der Waals surface area (Å²) in [7, 11) is 2.10. The van der Waals surface area contributed by atoms with Gasteiger partial charge in [-0.1, -0.05) is 44.2 Å². The highest BCUT2D eigenvalue weighted by Gasteiger charge is 2.30. The van der Waals surface area contributed by atoms with Crippen LogP contribution < -0.4 is 5.32 Å². The van der Waals surface area contributed by atoms with E-state index in [2.05, 4.69) is 29.4 Å². The van der Waals surface area contributed by atoms with Crippen molar-refractivity contribution >= 4 is 6.03 Å². The third-order valence-corrected chi connectivity index (χ3v) is 4.76. The zero-order chi connectivity index (χ0) is 17.6. The lowest BCUT2D eigenvalue weighted by Crippen LogP contribution is -2.52. The molecule has 5 nitrogen and oxygen atoms in total. The predicted molar refractivity (Wildman–Crippen MR) is 96.9 cm³/mol. The molecular weight excluding hydrogens is 302 g/mol. The fourth-order valence-corrected chi connectivity index (χ4v) is 3.07. The van der Waals surface area contributed by atoms with E-state index in [0.29, 0.717) is 6.54 Å². The molecule has 0 bridgehead atoms. The molecule has 1 heterocycles. The minimum absolute atomic E-state index is 0.0127. The van der Waals surface area contributed by atoms with Crippen LogP contribution in [0.4, 0.5) is 4.79 Å². The Balaban J connectivity index is 1.91. The van der Waals surface area contributed by atoms with E-state index in [1.165, 1.54) is 5.56 Å². The van der Waals surface area contributed by atoms with E-state index in [0.717, 1.165) is 32.5 Å². The molecule has 1 saturated heterocycles. The van der Waals surface area contributed by atoms with Crippen molar-refractivity contribution in [2.45, 2.75) is 32.7 Å². The first kappa shape index (κ1) is 18.7. The number of piperazine rings is 1. The molecule has 5 heteroatoms. The van der Waals surface area contributed by atoms with E-state index in [4.69, 9.17) is 0 Å². The summed E-state index contributed by atoms with van der Waals surface area (Å²) in [6.07, 6.45) is 1.78. The zero-order valence-electron chi connectivity index (χ0n) is 15.2. The number of urea groups is 1. The van der Waals surface area contributed by atoms with Gasteiger partial charge in [0, 0.05) is 32.8 Å². The van der Waals surface area contributed by atoms with Crippen molar-refractivity contribution in [3.8, 4) is 0 Å². The maximum absolute atomic E-state index is 12.6. The molecule has 2 rings (SSSR count). The molecule has 1 aromatic carbocycles. The lowest BCUT2D eigenvalue weighted by atomic mass is 9.89. The number of nitrogens with zero attached hydrogens (tertiary/aromatic N) is 2. The van der Waals surface area contributed by atoms with E-state index < -0.39 is 0 Å². The van der Waals surface area contributed by atoms with Crippen LogP contribution in [0.25, 0.3) is 0 Å². The van der Waals surface area contributed by atoms with Gasteiger partial charge >= 0.3 is 6.03 Å². The average Bonchev–Trinajstić information content (AvgIpc) is 2.59. The lowest BCUT2D eigenvalue weighted by Gasteiger charge is -2.40. The van der Waals surface area contributed by atoms with Gasteiger partial charge in [-0.2, -0.15) is 0 Å². The smallest absolute Gasteiger partial charge is 0.318 e. The van der Waals surface area contributed by atoms with Crippen LogP contribution in [0, 0.1) is 5.41 Å². The van der Waals surface area contributed by atoms with Crippen molar-refractivity contribution in [2.75, 3.05) is 39.8 Å². The number of aliphatic hydroxyl groups is 1. The van der Waals surface area contributed by atoms with Crippen molar-refractivity contribution in [1.29, 1.82) is 0 Å². The molecular formula is C19H31N3O2. The highest BCUT2D eigenvalue weighted by atomic mass is 16.3. The molecule has 0 aromatic heterocycles. The molecule has 1 fully saturated rings. The Morgan fingerprint density at radius 2 is 2.00 bits per heavy atom. The zero-order valence-corrected chi connectivity index (χ0v) is 15.2. The average molecular weight is 333 g/mol. The maximum atomic E-state index is 12.6. The molecule has 0 aliphatic carbocycles. The van der Waals surface area contributed by atoms with Crippen LogP contribution >= 0.6 is 0 Å². The van der Waals surface area contributed by atoms with Crippen LogP contribution in [0.3, 0.4) is 0 Å². The third kappa shape index (κ3) is 5.21. The van der Waals surface area contributed by atoms with Crippen molar-refractivity contribution in [3.05, 3.63) is 35.9 Å². The Morgan fingerprint density at radius 1 is 1.29 bits per heavy atom. The van der Waals surface area contributed by atoms with E-state index in [1.54, 1.807) is 0 Å². The summed E-state index contributed by atoms with van der Waals surface area (Å²) in [6, 6.07) is 10.3. The van der Waals surface area contributed by atoms with Crippen molar-refractivity contribution in [1.82, 2.24) is 15.1 Å². The number of amides is 2. The van der Waals surface area contributed by atoms with E-state index in [9.17, 15) is 9.90 Å². The van der Waals surface area contributed by atoms with Gasteiger partial charge in [-0.25, -0.2) is 4.79 Å². The highest BCUT2D eigenvalue weighted by molar-refractivity contribution is 5.75. The van der Waals surface area contributed by atoms with Crippen LogP contribution in [0.15, 0.2) is 30.3 Å². The molecule has 1 aromatic rings. The monoisotopic (exact) mass is 333 g/mol. The van der Waals surface area contributed by atoms with Gasteiger partial charge in [-0.3, -0.25) is 0 Å². The SMILES string of the molecule is CN1CCN(C(=O)NCCCC(C)(C)CO)C(c2ccccc2)C1. The minimum Gasteiger partial charge on any atom is -0.396 e. The normalized spacial score (nSPS) is 19.3.